The Labute approximate surface area is 139 Å². The predicted octanol–water partition coefficient (Wildman–Crippen LogP) is 2.65. The Bertz CT molecular complexity index is 501. The van der Waals surface area contributed by atoms with Crippen molar-refractivity contribution in [2.45, 2.75) is 46.1 Å². The molecule has 0 radical (unpaired) electrons. The summed E-state index contributed by atoms with van der Waals surface area (Å²) in [5.74, 6) is 0.665. The van der Waals surface area contributed by atoms with E-state index in [0.717, 1.165) is 38.3 Å². The number of ether oxygens (including phenoxy) is 1. The van der Waals surface area contributed by atoms with E-state index >= 15 is 0 Å². The van der Waals surface area contributed by atoms with Crippen molar-refractivity contribution in [2.24, 2.45) is 4.99 Å². The van der Waals surface area contributed by atoms with E-state index in [1.165, 1.54) is 18.2 Å². The molecule has 1 aromatic carbocycles. The number of hydrogen-bond donors (Lipinski definition) is 2. The fourth-order valence-corrected chi connectivity index (χ4v) is 2.27. The smallest absolute Gasteiger partial charge is 0.305 e. The Balaban J connectivity index is 2.45. The van der Waals surface area contributed by atoms with Gasteiger partial charge in [0.2, 0.25) is 0 Å². The number of unbranched alkanes of at least 4 members (excludes halogenated alkanes) is 1. The van der Waals surface area contributed by atoms with Gasteiger partial charge in [-0.15, -0.1) is 0 Å². The molecule has 0 spiro atoms. The van der Waals surface area contributed by atoms with Gasteiger partial charge in [0.1, 0.15) is 0 Å². The van der Waals surface area contributed by atoms with Crippen LogP contribution in [0, 0.1) is 0 Å². The molecule has 5 heteroatoms. The Kier molecular flexibility index (Phi) is 9.52. The van der Waals surface area contributed by atoms with Crippen LogP contribution in [-0.4, -0.2) is 32.1 Å². The second-order valence-corrected chi connectivity index (χ2v) is 5.28. The minimum absolute atomic E-state index is 0.151. The summed E-state index contributed by atoms with van der Waals surface area (Å²) in [5, 5.41) is 6.56. The van der Waals surface area contributed by atoms with E-state index in [4.69, 9.17) is 0 Å². The van der Waals surface area contributed by atoms with Crippen molar-refractivity contribution < 1.29 is 9.53 Å². The van der Waals surface area contributed by atoms with Crippen LogP contribution in [0.4, 0.5) is 0 Å². The molecule has 0 unspecified atom stereocenters. The minimum atomic E-state index is -0.151. The van der Waals surface area contributed by atoms with Crippen LogP contribution >= 0.6 is 0 Å². The molecule has 0 aliphatic rings. The first kappa shape index (κ1) is 19.0. The number of aliphatic imine (C=N–C) groups is 1. The zero-order valence-corrected chi connectivity index (χ0v) is 14.5. The van der Waals surface area contributed by atoms with Crippen LogP contribution in [0.3, 0.4) is 0 Å². The van der Waals surface area contributed by atoms with Gasteiger partial charge in [0.25, 0.3) is 0 Å². The molecule has 0 aliphatic heterocycles. The Morgan fingerprint density at radius 2 is 1.87 bits per heavy atom. The summed E-state index contributed by atoms with van der Waals surface area (Å²) in [6.45, 7) is 6.49. The summed E-state index contributed by atoms with van der Waals surface area (Å²) in [6.07, 6.45) is 3.21. The van der Waals surface area contributed by atoms with Gasteiger partial charge in [-0.05, 0) is 37.3 Å². The predicted molar refractivity (Wildman–Crippen MR) is 94.5 cm³/mol. The number of hydrogen-bond acceptors (Lipinski definition) is 3. The molecular weight excluding hydrogens is 290 g/mol. The van der Waals surface area contributed by atoms with E-state index in [9.17, 15) is 4.79 Å². The average molecular weight is 319 g/mol. The van der Waals surface area contributed by atoms with Gasteiger partial charge in [-0.25, -0.2) is 4.99 Å². The van der Waals surface area contributed by atoms with Gasteiger partial charge in [0, 0.05) is 19.5 Å². The summed E-state index contributed by atoms with van der Waals surface area (Å²) >= 11 is 0. The maximum Gasteiger partial charge on any atom is 0.305 e. The summed E-state index contributed by atoms with van der Waals surface area (Å²) in [6, 6.07) is 8.40. The highest BCUT2D eigenvalue weighted by Crippen LogP contribution is 2.10. The second-order valence-electron chi connectivity index (χ2n) is 5.28. The lowest BCUT2D eigenvalue weighted by molar-refractivity contribution is -0.140. The van der Waals surface area contributed by atoms with Crippen molar-refractivity contribution in [2.75, 3.05) is 20.2 Å². The molecular formula is C18H29N3O2. The summed E-state index contributed by atoms with van der Waals surface area (Å²) < 4.78 is 4.63. The number of carbonyl (C=O) groups is 1. The van der Waals surface area contributed by atoms with Gasteiger partial charge in [-0.1, -0.05) is 31.2 Å². The molecule has 0 amide bonds. The maximum atomic E-state index is 11.1. The van der Waals surface area contributed by atoms with Crippen LogP contribution in [0.25, 0.3) is 0 Å². The third-order valence-corrected chi connectivity index (χ3v) is 3.58. The van der Waals surface area contributed by atoms with Crippen molar-refractivity contribution in [3.63, 3.8) is 0 Å². The molecule has 0 aromatic heterocycles. The molecule has 0 saturated heterocycles. The third kappa shape index (κ3) is 7.68. The molecule has 1 aromatic rings. The lowest BCUT2D eigenvalue weighted by Crippen LogP contribution is -2.37. The quantitative estimate of drug-likeness (QED) is 0.318. The lowest BCUT2D eigenvalue weighted by atomic mass is 10.1. The van der Waals surface area contributed by atoms with E-state index in [1.54, 1.807) is 0 Å². The highest BCUT2D eigenvalue weighted by Gasteiger charge is 2.02. The topological polar surface area (TPSA) is 62.7 Å². The second kappa shape index (κ2) is 11.5. The first-order valence-electron chi connectivity index (χ1n) is 8.37. The largest absolute Gasteiger partial charge is 0.469 e. The van der Waals surface area contributed by atoms with Crippen LogP contribution in [0.15, 0.2) is 29.3 Å². The highest BCUT2D eigenvalue weighted by atomic mass is 16.5. The normalized spacial score (nSPS) is 11.2. The number of nitrogens with zero attached hydrogens (tertiary/aromatic N) is 1. The summed E-state index contributed by atoms with van der Waals surface area (Å²) in [5.41, 5.74) is 2.60. The van der Waals surface area contributed by atoms with E-state index in [-0.39, 0.29) is 5.97 Å². The van der Waals surface area contributed by atoms with Crippen molar-refractivity contribution >= 4 is 11.9 Å². The molecule has 2 N–H and O–H groups in total. The van der Waals surface area contributed by atoms with E-state index in [1.807, 2.05) is 0 Å². The number of carbonyl (C=O) groups excluding carboxylic acids is 1. The first-order valence-corrected chi connectivity index (χ1v) is 8.37. The number of guanidine groups is 1. The van der Waals surface area contributed by atoms with Crippen molar-refractivity contribution in [1.82, 2.24) is 10.6 Å². The van der Waals surface area contributed by atoms with E-state index in [2.05, 4.69) is 58.5 Å². The zero-order valence-electron chi connectivity index (χ0n) is 14.5. The minimum Gasteiger partial charge on any atom is -0.469 e. The fraction of sp³-hybridized carbons (Fsp3) is 0.556. The molecule has 0 bridgehead atoms. The number of aryl methyl sites for hydroxylation is 1. The number of benzene rings is 1. The fourth-order valence-electron chi connectivity index (χ4n) is 2.27. The van der Waals surface area contributed by atoms with Gasteiger partial charge in [-0.3, -0.25) is 4.79 Å². The van der Waals surface area contributed by atoms with Crippen LogP contribution in [-0.2, 0) is 22.5 Å². The SMILES string of the molecule is CCNC(=NCc1ccccc1CC)NCCCCC(=O)OC. The summed E-state index contributed by atoms with van der Waals surface area (Å²) in [4.78, 5) is 15.7. The average Bonchev–Trinajstić information content (AvgIpc) is 2.59. The molecule has 23 heavy (non-hydrogen) atoms. The van der Waals surface area contributed by atoms with Crippen LogP contribution in [0.2, 0.25) is 0 Å². The number of esters is 1. The van der Waals surface area contributed by atoms with Crippen molar-refractivity contribution in [3.05, 3.63) is 35.4 Å². The Morgan fingerprint density at radius 1 is 1.13 bits per heavy atom. The molecule has 0 saturated carbocycles. The molecule has 1 rings (SSSR count). The molecule has 0 heterocycles. The van der Waals surface area contributed by atoms with Crippen molar-refractivity contribution in [3.8, 4) is 0 Å². The van der Waals surface area contributed by atoms with Crippen LogP contribution in [0.5, 0.6) is 0 Å². The van der Waals surface area contributed by atoms with E-state index in [0.29, 0.717) is 13.0 Å². The molecule has 128 valence electrons. The van der Waals surface area contributed by atoms with Gasteiger partial charge in [0.15, 0.2) is 5.96 Å². The third-order valence-electron chi connectivity index (χ3n) is 3.58. The summed E-state index contributed by atoms with van der Waals surface area (Å²) in [7, 11) is 1.42. The van der Waals surface area contributed by atoms with Crippen LogP contribution < -0.4 is 10.6 Å². The number of rotatable bonds is 9. The van der Waals surface area contributed by atoms with Gasteiger partial charge < -0.3 is 15.4 Å². The van der Waals surface area contributed by atoms with Gasteiger partial charge in [0.05, 0.1) is 13.7 Å². The highest BCUT2D eigenvalue weighted by molar-refractivity contribution is 5.79. The first-order chi connectivity index (χ1) is 11.2. The molecule has 0 atom stereocenters. The maximum absolute atomic E-state index is 11.1. The monoisotopic (exact) mass is 319 g/mol. The van der Waals surface area contributed by atoms with Gasteiger partial charge >= 0.3 is 5.97 Å². The Hall–Kier alpha value is -2.04. The van der Waals surface area contributed by atoms with Gasteiger partial charge in [-0.2, -0.15) is 0 Å². The van der Waals surface area contributed by atoms with Crippen LogP contribution in [0.1, 0.15) is 44.2 Å². The number of methoxy groups -OCH3 is 1. The zero-order chi connectivity index (χ0) is 16.9. The molecule has 0 aliphatic carbocycles. The lowest BCUT2D eigenvalue weighted by Gasteiger charge is -2.12. The Morgan fingerprint density at radius 3 is 2.52 bits per heavy atom. The van der Waals surface area contributed by atoms with E-state index < -0.39 is 0 Å². The standard InChI is InChI=1S/C18H29N3O2/c1-4-15-10-6-7-11-16(15)14-21-18(19-5-2)20-13-9-8-12-17(22)23-3/h6-7,10-11H,4-5,8-9,12-14H2,1-3H3,(H2,19,20,21). The molecule has 5 nitrogen and oxygen atoms in total. The number of nitrogens with one attached hydrogen (secondary N) is 2. The van der Waals surface area contributed by atoms with Crippen molar-refractivity contribution in [1.29, 1.82) is 0 Å². The molecule has 0 fully saturated rings.